The molecular formula is C23H35O6P. The topological polar surface area (TPSA) is 85.2 Å². The number of hydrogen-bond donors (Lipinski definition) is 2. The van der Waals surface area contributed by atoms with Crippen molar-refractivity contribution in [3.05, 3.63) is 42.5 Å². The van der Waals surface area contributed by atoms with Crippen molar-refractivity contribution in [1.82, 2.24) is 0 Å². The highest BCUT2D eigenvalue weighted by molar-refractivity contribution is 7.46. The van der Waals surface area contributed by atoms with Crippen LogP contribution in [0.5, 0.6) is 5.75 Å². The van der Waals surface area contributed by atoms with Gasteiger partial charge in [-0.15, -0.1) is 0 Å². The highest BCUT2D eigenvalue weighted by Crippen LogP contribution is 2.35. The molecule has 0 aliphatic heterocycles. The van der Waals surface area contributed by atoms with Gasteiger partial charge in [0.25, 0.3) is 0 Å². The van der Waals surface area contributed by atoms with Crippen LogP contribution in [0.1, 0.15) is 58.3 Å². The SMILES string of the molecule is CCCCCCCCCC(COCCOP(=O)(O)O)Oc1cccc2ccccc12. The summed E-state index contributed by atoms with van der Waals surface area (Å²) in [7, 11) is -4.46. The second-order valence-corrected chi connectivity index (χ2v) is 8.77. The van der Waals surface area contributed by atoms with Crippen molar-refractivity contribution in [1.29, 1.82) is 0 Å². The number of fused-ring (bicyclic) bond motifs is 1. The quantitative estimate of drug-likeness (QED) is 0.252. The van der Waals surface area contributed by atoms with E-state index in [4.69, 9.17) is 19.3 Å². The number of phosphoric ester groups is 1. The average Bonchev–Trinajstić information content (AvgIpc) is 2.72. The molecule has 0 saturated carbocycles. The van der Waals surface area contributed by atoms with Crippen molar-refractivity contribution in [3.63, 3.8) is 0 Å². The van der Waals surface area contributed by atoms with E-state index < -0.39 is 7.82 Å². The molecule has 2 N–H and O–H groups in total. The third-order valence-electron chi connectivity index (χ3n) is 4.96. The summed E-state index contributed by atoms with van der Waals surface area (Å²) in [4.78, 5) is 17.5. The molecular weight excluding hydrogens is 403 g/mol. The third kappa shape index (κ3) is 10.1. The summed E-state index contributed by atoms with van der Waals surface area (Å²) in [5.74, 6) is 0.830. The van der Waals surface area contributed by atoms with Crippen LogP contribution < -0.4 is 4.74 Å². The van der Waals surface area contributed by atoms with Crippen molar-refractivity contribution in [3.8, 4) is 5.75 Å². The first-order chi connectivity index (χ1) is 14.5. The Hall–Kier alpha value is -1.43. The zero-order valence-corrected chi connectivity index (χ0v) is 18.8. The Bertz CT molecular complexity index is 770. The first kappa shape index (κ1) is 24.8. The molecule has 2 rings (SSSR count). The van der Waals surface area contributed by atoms with Gasteiger partial charge in [-0.25, -0.2) is 4.57 Å². The molecule has 0 saturated heterocycles. The van der Waals surface area contributed by atoms with Crippen LogP contribution in [0.15, 0.2) is 42.5 Å². The van der Waals surface area contributed by atoms with Gasteiger partial charge in [0.1, 0.15) is 11.9 Å². The van der Waals surface area contributed by atoms with Gasteiger partial charge < -0.3 is 19.3 Å². The van der Waals surface area contributed by atoms with Crippen molar-refractivity contribution in [2.75, 3.05) is 19.8 Å². The Morgan fingerprint density at radius 1 is 0.900 bits per heavy atom. The molecule has 0 heterocycles. The van der Waals surface area contributed by atoms with E-state index in [1.165, 1.54) is 38.5 Å². The van der Waals surface area contributed by atoms with Gasteiger partial charge in [0, 0.05) is 5.39 Å². The van der Waals surface area contributed by atoms with E-state index in [1.807, 2.05) is 30.3 Å². The maximum atomic E-state index is 10.8. The summed E-state index contributed by atoms with van der Waals surface area (Å²) < 4.78 is 27.1. The van der Waals surface area contributed by atoms with Crippen LogP contribution in [0.25, 0.3) is 10.8 Å². The predicted molar refractivity (Wildman–Crippen MR) is 120 cm³/mol. The molecule has 0 aromatic heterocycles. The molecule has 0 aliphatic rings. The van der Waals surface area contributed by atoms with Gasteiger partial charge in [-0.1, -0.05) is 81.8 Å². The summed E-state index contributed by atoms with van der Waals surface area (Å²) in [5.41, 5.74) is 0. The van der Waals surface area contributed by atoms with E-state index >= 15 is 0 Å². The maximum Gasteiger partial charge on any atom is 0.469 e. The van der Waals surface area contributed by atoms with Crippen LogP contribution in [-0.4, -0.2) is 35.7 Å². The second kappa shape index (κ2) is 13.8. The summed E-state index contributed by atoms with van der Waals surface area (Å²) in [5, 5.41) is 2.19. The minimum atomic E-state index is -4.46. The molecule has 7 heteroatoms. The lowest BCUT2D eigenvalue weighted by Crippen LogP contribution is -2.24. The van der Waals surface area contributed by atoms with Crippen LogP contribution in [-0.2, 0) is 13.8 Å². The molecule has 30 heavy (non-hydrogen) atoms. The van der Waals surface area contributed by atoms with Gasteiger partial charge in [-0.3, -0.25) is 4.52 Å². The summed E-state index contributed by atoms with van der Waals surface area (Å²) in [6, 6.07) is 14.1. The number of phosphoric acid groups is 1. The smallest absolute Gasteiger partial charge is 0.469 e. The minimum Gasteiger partial charge on any atom is -0.487 e. The molecule has 1 atom stereocenters. The Balaban J connectivity index is 1.86. The standard InChI is InChI=1S/C23H35O6P/c1-2-3-4-5-6-7-8-14-21(19-27-17-18-28-30(24,25)26)29-23-16-11-13-20-12-9-10-15-22(20)23/h9-13,15-16,21H,2-8,14,17-19H2,1H3,(H2,24,25,26). The summed E-state index contributed by atoms with van der Waals surface area (Å²) >= 11 is 0. The van der Waals surface area contributed by atoms with Crippen LogP contribution in [0.2, 0.25) is 0 Å². The second-order valence-electron chi connectivity index (χ2n) is 7.53. The Kier molecular flexibility index (Phi) is 11.4. The van der Waals surface area contributed by atoms with Gasteiger partial charge >= 0.3 is 7.82 Å². The van der Waals surface area contributed by atoms with Gasteiger partial charge in [0.05, 0.1) is 19.8 Å². The highest BCUT2D eigenvalue weighted by atomic mass is 31.2. The molecule has 0 fully saturated rings. The zero-order valence-electron chi connectivity index (χ0n) is 17.9. The summed E-state index contributed by atoms with van der Waals surface area (Å²) in [6.45, 7) is 2.53. The lowest BCUT2D eigenvalue weighted by atomic mass is 10.1. The van der Waals surface area contributed by atoms with Gasteiger partial charge in [0.15, 0.2) is 0 Å². The molecule has 0 amide bonds. The number of hydrogen-bond acceptors (Lipinski definition) is 4. The van der Waals surface area contributed by atoms with E-state index in [2.05, 4.69) is 23.6 Å². The Morgan fingerprint density at radius 3 is 2.37 bits per heavy atom. The van der Waals surface area contributed by atoms with Crippen LogP contribution in [0.4, 0.5) is 0 Å². The Morgan fingerprint density at radius 2 is 1.60 bits per heavy atom. The number of unbranched alkanes of at least 4 members (excludes halogenated alkanes) is 6. The number of ether oxygens (including phenoxy) is 2. The maximum absolute atomic E-state index is 10.8. The van der Waals surface area contributed by atoms with E-state index in [0.717, 1.165) is 29.4 Å². The average molecular weight is 439 g/mol. The van der Waals surface area contributed by atoms with Gasteiger partial charge in [-0.05, 0) is 24.3 Å². The van der Waals surface area contributed by atoms with Gasteiger partial charge in [-0.2, -0.15) is 0 Å². The lowest BCUT2D eigenvalue weighted by molar-refractivity contribution is 0.0277. The molecule has 0 radical (unpaired) electrons. The van der Waals surface area contributed by atoms with E-state index in [1.54, 1.807) is 0 Å². The van der Waals surface area contributed by atoms with Crippen molar-refractivity contribution in [2.24, 2.45) is 0 Å². The molecule has 2 aromatic rings. The van der Waals surface area contributed by atoms with Crippen molar-refractivity contribution < 1.29 is 28.3 Å². The highest BCUT2D eigenvalue weighted by Gasteiger charge is 2.15. The monoisotopic (exact) mass is 438 g/mol. The summed E-state index contributed by atoms with van der Waals surface area (Å²) in [6.07, 6.45) is 9.34. The molecule has 6 nitrogen and oxygen atoms in total. The van der Waals surface area contributed by atoms with E-state index in [9.17, 15) is 4.57 Å². The number of benzene rings is 2. The fourth-order valence-corrected chi connectivity index (χ4v) is 3.73. The molecule has 1 unspecified atom stereocenters. The molecule has 2 aromatic carbocycles. The predicted octanol–water partition coefficient (Wildman–Crippen LogP) is 5.85. The van der Waals surface area contributed by atoms with Crippen LogP contribution in [0, 0.1) is 0 Å². The first-order valence-corrected chi connectivity index (χ1v) is 12.4. The fourth-order valence-electron chi connectivity index (χ4n) is 3.41. The normalized spacial score (nSPS) is 12.9. The molecule has 0 spiro atoms. The minimum absolute atomic E-state index is 0.109. The van der Waals surface area contributed by atoms with Crippen LogP contribution in [0.3, 0.4) is 0 Å². The first-order valence-electron chi connectivity index (χ1n) is 10.9. The largest absolute Gasteiger partial charge is 0.487 e. The zero-order chi connectivity index (χ0) is 21.7. The van der Waals surface area contributed by atoms with Crippen LogP contribution >= 0.6 is 7.82 Å². The van der Waals surface area contributed by atoms with Crippen molar-refractivity contribution in [2.45, 2.75) is 64.4 Å². The Labute approximate surface area is 179 Å². The number of rotatable bonds is 16. The third-order valence-corrected chi connectivity index (χ3v) is 5.48. The molecule has 0 bridgehead atoms. The molecule has 168 valence electrons. The van der Waals surface area contributed by atoms with Crippen molar-refractivity contribution >= 4 is 18.6 Å². The van der Waals surface area contributed by atoms with Gasteiger partial charge in [0.2, 0.25) is 0 Å². The molecule has 0 aliphatic carbocycles. The van der Waals surface area contributed by atoms with E-state index in [0.29, 0.717) is 6.61 Å². The lowest BCUT2D eigenvalue weighted by Gasteiger charge is -2.20. The van der Waals surface area contributed by atoms with E-state index in [-0.39, 0.29) is 19.3 Å². The fraction of sp³-hybridized carbons (Fsp3) is 0.565.